The Hall–Kier alpha value is -1.30. The summed E-state index contributed by atoms with van der Waals surface area (Å²) in [5, 5.41) is 2.94. The fourth-order valence-corrected chi connectivity index (χ4v) is 2.24. The molecule has 0 spiro atoms. The van der Waals surface area contributed by atoms with Gasteiger partial charge in [0.1, 0.15) is 0 Å². The molecule has 0 aliphatic carbocycles. The van der Waals surface area contributed by atoms with Crippen LogP contribution in [0.5, 0.6) is 0 Å². The number of nitrogens with zero attached hydrogens (tertiary/aromatic N) is 2. The molecular formula is C13H25N3O3. The highest BCUT2D eigenvalue weighted by molar-refractivity contribution is 5.79. The van der Waals surface area contributed by atoms with E-state index in [-0.39, 0.29) is 17.9 Å². The standard InChI is InChI=1S/C13H25N3O3/c1-15(2)8-5-7-14-12(17)11-6-4-9-16(10-11)13(18)19-3/h11H,4-10H2,1-3H3,(H,14,17). The molecule has 6 nitrogen and oxygen atoms in total. The minimum atomic E-state index is -0.342. The molecule has 2 amide bonds. The summed E-state index contributed by atoms with van der Waals surface area (Å²) in [6.45, 7) is 2.79. The van der Waals surface area contributed by atoms with Gasteiger partial charge in [-0.1, -0.05) is 0 Å². The zero-order valence-corrected chi connectivity index (χ0v) is 12.1. The maximum absolute atomic E-state index is 12.0. The summed E-state index contributed by atoms with van der Waals surface area (Å²) in [5.41, 5.74) is 0. The fourth-order valence-electron chi connectivity index (χ4n) is 2.24. The Morgan fingerprint density at radius 3 is 2.79 bits per heavy atom. The third kappa shape index (κ3) is 5.46. The lowest BCUT2D eigenvalue weighted by Crippen LogP contribution is -2.45. The minimum absolute atomic E-state index is 0.0485. The monoisotopic (exact) mass is 271 g/mol. The summed E-state index contributed by atoms with van der Waals surface area (Å²) >= 11 is 0. The summed E-state index contributed by atoms with van der Waals surface area (Å²) in [5.74, 6) is -0.0560. The van der Waals surface area contributed by atoms with Crippen LogP contribution in [0.15, 0.2) is 0 Å². The molecule has 1 rings (SSSR count). The van der Waals surface area contributed by atoms with Gasteiger partial charge in [0.15, 0.2) is 0 Å². The fraction of sp³-hybridized carbons (Fsp3) is 0.846. The molecule has 1 atom stereocenters. The van der Waals surface area contributed by atoms with Crippen molar-refractivity contribution in [3.8, 4) is 0 Å². The second-order valence-electron chi connectivity index (χ2n) is 5.20. The third-order valence-corrected chi connectivity index (χ3v) is 3.31. The van der Waals surface area contributed by atoms with Crippen LogP contribution in [0.1, 0.15) is 19.3 Å². The van der Waals surface area contributed by atoms with E-state index < -0.39 is 0 Å². The van der Waals surface area contributed by atoms with E-state index in [1.54, 1.807) is 4.90 Å². The Bertz CT molecular complexity index is 308. The van der Waals surface area contributed by atoms with Gasteiger partial charge in [-0.3, -0.25) is 4.79 Å². The van der Waals surface area contributed by atoms with Crippen LogP contribution in [0.4, 0.5) is 4.79 Å². The lowest BCUT2D eigenvalue weighted by Gasteiger charge is -2.30. The topological polar surface area (TPSA) is 61.9 Å². The number of ether oxygens (including phenoxy) is 1. The number of methoxy groups -OCH3 is 1. The summed E-state index contributed by atoms with van der Waals surface area (Å²) in [6, 6.07) is 0. The first-order valence-electron chi connectivity index (χ1n) is 6.80. The van der Waals surface area contributed by atoms with Crippen molar-refractivity contribution in [3.05, 3.63) is 0 Å². The van der Waals surface area contributed by atoms with Crippen LogP contribution in [0.3, 0.4) is 0 Å². The molecule has 6 heteroatoms. The molecule has 1 fully saturated rings. The van der Waals surface area contributed by atoms with E-state index in [1.807, 2.05) is 14.1 Å². The zero-order chi connectivity index (χ0) is 14.3. The van der Waals surface area contributed by atoms with Crippen LogP contribution >= 0.6 is 0 Å². The van der Waals surface area contributed by atoms with E-state index in [9.17, 15) is 9.59 Å². The van der Waals surface area contributed by atoms with Gasteiger partial charge in [0.05, 0.1) is 13.0 Å². The van der Waals surface area contributed by atoms with Gasteiger partial charge in [-0.2, -0.15) is 0 Å². The summed E-state index contributed by atoms with van der Waals surface area (Å²) in [4.78, 5) is 27.1. The smallest absolute Gasteiger partial charge is 0.409 e. The SMILES string of the molecule is COC(=O)N1CCCC(C(=O)NCCCN(C)C)C1. The molecule has 1 N–H and O–H groups in total. The highest BCUT2D eigenvalue weighted by Crippen LogP contribution is 2.17. The van der Waals surface area contributed by atoms with E-state index in [0.717, 1.165) is 25.8 Å². The van der Waals surface area contributed by atoms with Gasteiger partial charge < -0.3 is 19.9 Å². The van der Waals surface area contributed by atoms with E-state index >= 15 is 0 Å². The van der Waals surface area contributed by atoms with Gasteiger partial charge in [-0.15, -0.1) is 0 Å². The number of piperidine rings is 1. The number of amides is 2. The quantitative estimate of drug-likeness (QED) is 0.741. The van der Waals surface area contributed by atoms with Crippen molar-refractivity contribution in [2.45, 2.75) is 19.3 Å². The molecule has 0 saturated carbocycles. The lowest BCUT2D eigenvalue weighted by molar-refractivity contribution is -0.126. The Labute approximate surface area is 115 Å². The van der Waals surface area contributed by atoms with Gasteiger partial charge in [-0.25, -0.2) is 4.79 Å². The van der Waals surface area contributed by atoms with Crippen LogP contribution in [-0.4, -0.2) is 69.2 Å². The minimum Gasteiger partial charge on any atom is -0.453 e. The Morgan fingerprint density at radius 1 is 1.42 bits per heavy atom. The molecular weight excluding hydrogens is 246 g/mol. The first-order valence-corrected chi connectivity index (χ1v) is 6.80. The van der Waals surface area contributed by atoms with Crippen LogP contribution in [0, 0.1) is 5.92 Å². The van der Waals surface area contributed by atoms with Crippen molar-refractivity contribution in [2.75, 3.05) is 47.4 Å². The average Bonchev–Trinajstić information content (AvgIpc) is 2.42. The van der Waals surface area contributed by atoms with E-state index in [1.165, 1.54) is 7.11 Å². The molecule has 1 aliphatic rings. The molecule has 1 aliphatic heterocycles. The maximum atomic E-state index is 12.0. The van der Waals surface area contributed by atoms with Gasteiger partial charge in [0, 0.05) is 19.6 Å². The van der Waals surface area contributed by atoms with E-state index in [4.69, 9.17) is 4.74 Å². The molecule has 0 aromatic rings. The van der Waals surface area contributed by atoms with Crippen molar-refractivity contribution in [1.29, 1.82) is 0 Å². The number of likely N-dealkylation sites (tertiary alicyclic amines) is 1. The number of hydrogen-bond acceptors (Lipinski definition) is 4. The lowest BCUT2D eigenvalue weighted by atomic mass is 9.97. The van der Waals surface area contributed by atoms with E-state index in [2.05, 4.69) is 10.2 Å². The predicted molar refractivity (Wildman–Crippen MR) is 72.9 cm³/mol. The van der Waals surface area contributed by atoms with Crippen molar-refractivity contribution >= 4 is 12.0 Å². The Morgan fingerprint density at radius 2 is 2.16 bits per heavy atom. The highest BCUT2D eigenvalue weighted by atomic mass is 16.5. The predicted octanol–water partition coefficient (Wildman–Crippen LogP) is 0.533. The second-order valence-corrected chi connectivity index (χ2v) is 5.20. The molecule has 0 bridgehead atoms. The summed E-state index contributed by atoms with van der Waals surface area (Å²) in [6.07, 6.45) is 2.29. The Balaban J connectivity index is 2.29. The molecule has 19 heavy (non-hydrogen) atoms. The molecule has 0 radical (unpaired) electrons. The Kier molecular flexibility index (Phi) is 6.62. The first kappa shape index (κ1) is 15.8. The van der Waals surface area contributed by atoms with Crippen LogP contribution in [-0.2, 0) is 9.53 Å². The third-order valence-electron chi connectivity index (χ3n) is 3.31. The van der Waals surface area contributed by atoms with Crippen LogP contribution < -0.4 is 5.32 Å². The molecule has 1 heterocycles. The van der Waals surface area contributed by atoms with Gasteiger partial charge >= 0.3 is 6.09 Å². The highest BCUT2D eigenvalue weighted by Gasteiger charge is 2.28. The second kappa shape index (κ2) is 7.99. The van der Waals surface area contributed by atoms with Gasteiger partial charge in [0.2, 0.25) is 5.91 Å². The zero-order valence-electron chi connectivity index (χ0n) is 12.1. The molecule has 1 saturated heterocycles. The summed E-state index contributed by atoms with van der Waals surface area (Å²) < 4.78 is 4.69. The summed E-state index contributed by atoms with van der Waals surface area (Å²) in [7, 11) is 5.39. The van der Waals surface area contributed by atoms with Crippen molar-refractivity contribution < 1.29 is 14.3 Å². The van der Waals surface area contributed by atoms with Crippen molar-refractivity contribution in [2.24, 2.45) is 5.92 Å². The molecule has 1 unspecified atom stereocenters. The number of nitrogens with one attached hydrogen (secondary N) is 1. The van der Waals surface area contributed by atoms with Crippen LogP contribution in [0.25, 0.3) is 0 Å². The normalized spacial score (nSPS) is 19.4. The average molecular weight is 271 g/mol. The largest absolute Gasteiger partial charge is 0.453 e. The van der Waals surface area contributed by atoms with Gasteiger partial charge in [0.25, 0.3) is 0 Å². The van der Waals surface area contributed by atoms with Crippen molar-refractivity contribution in [3.63, 3.8) is 0 Å². The molecule has 0 aromatic heterocycles. The number of hydrogen-bond donors (Lipinski definition) is 1. The number of carbonyl (C=O) groups is 2. The van der Waals surface area contributed by atoms with E-state index in [0.29, 0.717) is 19.6 Å². The maximum Gasteiger partial charge on any atom is 0.409 e. The number of rotatable bonds is 5. The van der Waals surface area contributed by atoms with Crippen molar-refractivity contribution in [1.82, 2.24) is 15.1 Å². The molecule has 110 valence electrons. The van der Waals surface area contributed by atoms with Gasteiger partial charge in [-0.05, 0) is 39.9 Å². The van der Waals surface area contributed by atoms with Crippen LogP contribution in [0.2, 0.25) is 0 Å². The molecule has 0 aromatic carbocycles. The first-order chi connectivity index (χ1) is 9.04. The number of carbonyl (C=O) groups excluding carboxylic acids is 2.